The Morgan fingerprint density at radius 2 is 2.10 bits per heavy atom. The van der Waals surface area contributed by atoms with E-state index in [0.29, 0.717) is 0 Å². The largest absolute Gasteiger partial charge is 0.370 e. The Morgan fingerprint density at radius 1 is 1.25 bits per heavy atom. The molecule has 0 aliphatic rings. The molecule has 0 amide bonds. The van der Waals surface area contributed by atoms with E-state index in [4.69, 9.17) is 11.6 Å². The number of benzene rings is 1. The van der Waals surface area contributed by atoms with E-state index < -0.39 is 0 Å². The SMILES string of the molecule is CCCc1c(NCC)ncnc1Sc1cccc(Cl)c1. The summed E-state index contributed by atoms with van der Waals surface area (Å²) in [4.78, 5) is 9.87. The Balaban J connectivity index is 2.32. The lowest BCUT2D eigenvalue weighted by molar-refractivity contribution is 0.855. The van der Waals surface area contributed by atoms with E-state index in [1.807, 2.05) is 24.3 Å². The van der Waals surface area contributed by atoms with Gasteiger partial charge in [-0.05, 0) is 31.5 Å². The van der Waals surface area contributed by atoms with Crippen LogP contribution in [0.2, 0.25) is 5.02 Å². The van der Waals surface area contributed by atoms with Crippen LogP contribution in [0.3, 0.4) is 0 Å². The summed E-state index contributed by atoms with van der Waals surface area (Å²) < 4.78 is 0. The van der Waals surface area contributed by atoms with Gasteiger partial charge in [-0.1, -0.05) is 42.8 Å². The predicted molar refractivity (Wildman–Crippen MR) is 85.8 cm³/mol. The number of halogens is 1. The number of rotatable bonds is 6. The van der Waals surface area contributed by atoms with Gasteiger partial charge >= 0.3 is 0 Å². The molecule has 3 nitrogen and oxygen atoms in total. The quantitative estimate of drug-likeness (QED) is 0.787. The van der Waals surface area contributed by atoms with Crippen LogP contribution in [-0.4, -0.2) is 16.5 Å². The first kappa shape index (κ1) is 15.1. The minimum atomic E-state index is 0.744. The van der Waals surface area contributed by atoms with Crippen molar-refractivity contribution in [2.45, 2.75) is 36.6 Å². The van der Waals surface area contributed by atoms with Crippen molar-refractivity contribution in [3.63, 3.8) is 0 Å². The highest BCUT2D eigenvalue weighted by Gasteiger charge is 2.11. The van der Waals surface area contributed by atoms with Gasteiger partial charge in [0.05, 0.1) is 0 Å². The van der Waals surface area contributed by atoms with Gasteiger partial charge in [-0.3, -0.25) is 0 Å². The van der Waals surface area contributed by atoms with E-state index >= 15 is 0 Å². The Morgan fingerprint density at radius 3 is 2.80 bits per heavy atom. The van der Waals surface area contributed by atoms with Crippen LogP contribution in [0, 0.1) is 0 Å². The topological polar surface area (TPSA) is 37.8 Å². The van der Waals surface area contributed by atoms with Gasteiger partial charge in [0.25, 0.3) is 0 Å². The van der Waals surface area contributed by atoms with E-state index in [1.54, 1.807) is 18.1 Å². The molecule has 1 aromatic heterocycles. The Bertz CT molecular complexity index is 575. The number of nitrogens with one attached hydrogen (secondary N) is 1. The number of hydrogen-bond donors (Lipinski definition) is 1. The summed E-state index contributed by atoms with van der Waals surface area (Å²) in [6.45, 7) is 5.09. The van der Waals surface area contributed by atoms with Crippen LogP contribution in [0.5, 0.6) is 0 Å². The van der Waals surface area contributed by atoms with Crippen LogP contribution in [0.15, 0.2) is 40.5 Å². The molecule has 0 saturated heterocycles. The van der Waals surface area contributed by atoms with Crippen LogP contribution in [0.4, 0.5) is 5.82 Å². The molecule has 0 saturated carbocycles. The van der Waals surface area contributed by atoms with Crippen molar-refractivity contribution in [3.8, 4) is 0 Å². The van der Waals surface area contributed by atoms with Crippen molar-refractivity contribution in [1.29, 1.82) is 0 Å². The third-order valence-corrected chi connectivity index (χ3v) is 4.03. The summed E-state index contributed by atoms with van der Waals surface area (Å²) in [7, 11) is 0. The van der Waals surface area contributed by atoms with Gasteiger partial charge in [-0.2, -0.15) is 0 Å². The van der Waals surface area contributed by atoms with Gasteiger partial charge in [0, 0.05) is 22.0 Å². The molecule has 0 bridgehead atoms. The zero-order valence-corrected chi connectivity index (χ0v) is 13.3. The molecule has 0 aliphatic heterocycles. The van der Waals surface area contributed by atoms with Gasteiger partial charge < -0.3 is 5.32 Å². The van der Waals surface area contributed by atoms with Crippen molar-refractivity contribution in [2.75, 3.05) is 11.9 Å². The summed E-state index contributed by atoms with van der Waals surface area (Å²) in [5.74, 6) is 0.939. The molecule has 5 heteroatoms. The number of aromatic nitrogens is 2. The van der Waals surface area contributed by atoms with Crippen molar-refractivity contribution in [3.05, 3.63) is 41.2 Å². The lowest BCUT2D eigenvalue weighted by Crippen LogP contribution is -2.05. The average Bonchev–Trinajstić information content (AvgIpc) is 2.43. The first-order valence-electron chi connectivity index (χ1n) is 6.75. The molecule has 106 valence electrons. The smallest absolute Gasteiger partial charge is 0.133 e. The van der Waals surface area contributed by atoms with Crippen molar-refractivity contribution >= 4 is 29.2 Å². The van der Waals surface area contributed by atoms with Gasteiger partial charge in [-0.25, -0.2) is 9.97 Å². The monoisotopic (exact) mass is 307 g/mol. The lowest BCUT2D eigenvalue weighted by atomic mass is 10.2. The van der Waals surface area contributed by atoms with Crippen LogP contribution in [0.25, 0.3) is 0 Å². The highest BCUT2D eigenvalue weighted by Crippen LogP contribution is 2.33. The van der Waals surface area contributed by atoms with E-state index in [1.165, 1.54) is 5.56 Å². The number of hydrogen-bond acceptors (Lipinski definition) is 4. The van der Waals surface area contributed by atoms with E-state index in [0.717, 1.165) is 40.1 Å². The summed E-state index contributed by atoms with van der Waals surface area (Å²) in [6, 6.07) is 7.83. The molecule has 0 radical (unpaired) electrons. The number of nitrogens with zero attached hydrogens (tertiary/aromatic N) is 2. The summed E-state index contributed by atoms with van der Waals surface area (Å²) >= 11 is 7.67. The zero-order valence-electron chi connectivity index (χ0n) is 11.7. The lowest BCUT2D eigenvalue weighted by Gasteiger charge is -2.12. The van der Waals surface area contributed by atoms with Crippen LogP contribution < -0.4 is 5.32 Å². The second-order valence-electron chi connectivity index (χ2n) is 4.35. The third-order valence-electron chi connectivity index (χ3n) is 2.76. The number of anilines is 1. The summed E-state index contributed by atoms with van der Waals surface area (Å²) in [5, 5.41) is 5.05. The molecule has 0 aliphatic carbocycles. The molecule has 20 heavy (non-hydrogen) atoms. The van der Waals surface area contributed by atoms with Gasteiger partial charge in [0.1, 0.15) is 17.2 Å². The fourth-order valence-corrected chi connectivity index (χ4v) is 3.15. The third kappa shape index (κ3) is 3.87. The molecule has 1 heterocycles. The van der Waals surface area contributed by atoms with Gasteiger partial charge in [0.15, 0.2) is 0 Å². The maximum Gasteiger partial charge on any atom is 0.133 e. The summed E-state index contributed by atoms with van der Waals surface area (Å²) in [5.41, 5.74) is 1.18. The standard InChI is InChI=1S/C15H18ClN3S/c1-3-6-13-14(17-4-2)18-10-19-15(13)20-12-8-5-7-11(16)9-12/h5,7-10H,3-4,6H2,1-2H3,(H,17,18,19). The Kier molecular flexibility index (Phi) is 5.68. The Labute approximate surface area is 129 Å². The molecule has 0 unspecified atom stereocenters. The molecule has 0 spiro atoms. The molecule has 2 rings (SSSR count). The molecule has 1 aromatic carbocycles. The highest BCUT2D eigenvalue weighted by atomic mass is 35.5. The van der Waals surface area contributed by atoms with Crippen LogP contribution in [-0.2, 0) is 6.42 Å². The predicted octanol–water partition coefficient (Wildman–Crippen LogP) is 4.67. The minimum absolute atomic E-state index is 0.744. The second-order valence-corrected chi connectivity index (χ2v) is 5.84. The molecule has 0 fully saturated rings. The molecular formula is C15H18ClN3S. The first-order chi connectivity index (χ1) is 9.74. The normalized spacial score (nSPS) is 10.6. The Hall–Kier alpha value is -1.26. The van der Waals surface area contributed by atoms with Crippen molar-refractivity contribution in [2.24, 2.45) is 0 Å². The maximum absolute atomic E-state index is 6.03. The fourth-order valence-electron chi connectivity index (χ4n) is 1.92. The molecule has 2 aromatic rings. The van der Waals surface area contributed by atoms with E-state index in [9.17, 15) is 0 Å². The average molecular weight is 308 g/mol. The van der Waals surface area contributed by atoms with Crippen LogP contribution in [0.1, 0.15) is 25.8 Å². The highest BCUT2D eigenvalue weighted by molar-refractivity contribution is 7.99. The first-order valence-corrected chi connectivity index (χ1v) is 7.95. The fraction of sp³-hybridized carbons (Fsp3) is 0.333. The zero-order chi connectivity index (χ0) is 14.4. The summed E-state index contributed by atoms with van der Waals surface area (Å²) in [6.07, 6.45) is 3.64. The van der Waals surface area contributed by atoms with E-state index in [2.05, 4.69) is 29.1 Å². The van der Waals surface area contributed by atoms with E-state index in [-0.39, 0.29) is 0 Å². The minimum Gasteiger partial charge on any atom is -0.370 e. The van der Waals surface area contributed by atoms with Gasteiger partial charge in [0.2, 0.25) is 0 Å². The second kappa shape index (κ2) is 7.50. The maximum atomic E-state index is 6.03. The molecular weight excluding hydrogens is 290 g/mol. The molecule has 0 atom stereocenters. The van der Waals surface area contributed by atoms with Gasteiger partial charge in [-0.15, -0.1) is 0 Å². The molecule has 1 N–H and O–H groups in total. The van der Waals surface area contributed by atoms with Crippen LogP contribution >= 0.6 is 23.4 Å². The van der Waals surface area contributed by atoms with Crippen molar-refractivity contribution in [1.82, 2.24) is 9.97 Å². The van der Waals surface area contributed by atoms with Crippen molar-refractivity contribution < 1.29 is 0 Å².